The Balaban J connectivity index is 1.59. The topological polar surface area (TPSA) is 68.3 Å². The van der Waals surface area contributed by atoms with Crippen molar-refractivity contribution in [1.29, 1.82) is 0 Å². The molecule has 0 saturated carbocycles. The van der Waals surface area contributed by atoms with Crippen LogP contribution in [0.4, 0.5) is 18.9 Å². The van der Waals surface area contributed by atoms with Gasteiger partial charge in [-0.3, -0.25) is 4.79 Å². The third-order valence-electron chi connectivity index (χ3n) is 5.23. The third-order valence-corrected chi connectivity index (χ3v) is 5.23. The van der Waals surface area contributed by atoms with Gasteiger partial charge in [-0.25, -0.2) is 9.78 Å². The number of rotatable bonds is 5. The first-order valence-electron chi connectivity index (χ1n) is 10.3. The number of halogens is 3. The zero-order valence-electron chi connectivity index (χ0n) is 18.0. The van der Waals surface area contributed by atoms with Crippen molar-refractivity contribution in [3.05, 3.63) is 95.6 Å². The predicted octanol–water partition coefficient (Wildman–Crippen LogP) is 6.02. The molecule has 0 bridgehead atoms. The lowest BCUT2D eigenvalue weighted by atomic mass is 9.98. The van der Waals surface area contributed by atoms with Crippen LogP contribution in [0.15, 0.2) is 78.9 Å². The fraction of sp³-hybridized carbons (Fsp3) is 0.115. The van der Waals surface area contributed by atoms with Crippen molar-refractivity contribution in [2.45, 2.75) is 13.1 Å². The van der Waals surface area contributed by atoms with Gasteiger partial charge in [-0.05, 0) is 30.7 Å². The SMILES string of the molecule is Cc1c(-c2ccccc2)nc2ccccc2c1C(=O)OCC(=O)Nc1ccccc1C(F)(F)F. The van der Waals surface area contributed by atoms with Crippen LogP contribution < -0.4 is 5.32 Å². The molecule has 0 aliphatic carbocycles. The second-order valence-electron chi connectivity index (χ2n) is 7.51. The summed E-state index contributed by atoms with van der Waals surface area (Å²) in [6.07, 6.45) is -4.64. The first-order valence-corrected chi connectivity index (χ1v) is 10.3. The number of fused-ring (bicyclic) bond motifs is 1. The average molecular weight is 464 g/mol. The zero-order chi connectivity index (χ0) is 24.3. The summed E-state index contributed by atoms with van der Waals surface area (Å²) in [5.74, 6) is -1.66. The molecule has 3 aromatic carbocycles. The average Bonchev–Trinajstić information content (AvgIpc) is 2.82. The highest BCUT2D eigenvalue weighted by Crippen LogP contribution is 2.34. The molecule has 0 radical (unpaired) electrons. The van der Waals surface area contributed by atoms with Crippen molar-refractivity contribution >= 4 is 28.5 Å². The lowest BCUT2D eigenvalue weighted by Crippen LogP contribution is -2.23. The fourth-order valence-corrected chi connectivity index (χ4v) is 3.68. The molecule has 0 fully saturated rings. The highest BCUT2D eigenvalue weighted by Gasteiger charge is 2.33. The summed E-state index contributed by atoms with van der Waals surface area (Å²) in [7, 11) is 0. The molecule has 4 aromatic rings. The molecule has 1 N–H and O–H groups in total. The number of benzene rings is 3. The smallest absolute Gasteiger partial charge is 0.418 e. The first-order chi connectivity index (χ1) is 16.3. The monoisotopic (exact) mass is 464 g/mol. The number of alkyl halides is 3. The van der Waals surface area contributed by atoms with Crippen molar-refractivity contribution in [2.75, 3.05) is 11.9 Å². The Bertz CT molecular complexity index is 1370. The molecule has 0 aliphatic rings. The lowest BCUT2D eigenvalue weighted by molar-refractivity contribution is -0.137. The van der Waals surface area contributed by atoms with Gasteiger partial charge in [0.25, 0.3) is 5.91 Å². The third kappa shape index (κ3) is 4.76. The van der Waals surface area contributed by atoms with Gasteiger partial charge in [0, 0.05) is 10.9 Å². The second kappa shape index (κ2) is 9.35. The van der Waals surface area contributed by atoms with Crippen molar-refractivity contribution in [1.82, 2.24) is 4.98 Å². The summed E-state index contributed by atoms with van der Waals surface area (Å²) < 4.78 is 44.7. The molecule has 172 valence electrons. The summed E-state index contributed by atoms with van der Waals surface area (Å²) in [5.41, 5.74) is 1.38. The Hall–Kier alpha value is -4.20. The molecule has 1 heterocycles. The maximum atomic E-state index is 13.2. The minimum atomic E-state index is -4.64. The van der Waals surface area contributed by atoms with Crippen LogP contribution in [0.2, 0.25) is 0 Å². The summed E-state index contributed by atoms with van der Waals surface area (Å²) in [6.45, 7) is 0.986. The van der Waals surface area contributed by atoms with Crippen LogP contribution in [-0.2, 0) is 15.7 Å². The molecular formula is C26H19F3N2O3. The Morgan fingerprint density at radius 1 is 0.912 bits per heavy atom. The van der Waals surface area contributed by atoms with Gasteiger partial charge in [-0.1, -0.05) is 60.7 Å². The molecule has 0 atom stereocenters. The number of nitrogens with zero attached hydrogens (tertiary/aromatic N) is 1. The molecule has 8 heteroatoms. The van der Waals surface area contributed by atoms with Gasteiger partial charge >= 0.3 is 12.1 Å². The van der Waals surface area contributed by atoms with Crippen LogP contribution in [0.5, 0.6) is 0 Å². The van der Waals surface area contributed by atoms with Crippen molar-refractivity contribution < 1.29 is 27.5 Å². The van der Waals surface area contributed by atoms with E-state index in [2.05, 4.69) is 10.3 Å². The van der Waals surface area contributed by atoms with E-state index >= 15 is 0 Å². The van der Waals surface area contributed by atoms with Crippen LogP contribution in [0, 0.1) is 6.92 Å². The summed E-state index contributed by atoms with van der Waals surface area (Å²) in [6, 6.07) is 20.9. The van der Waals surface area contributed by atoms with Gasteiger partial charge in [0.2, 0.25) is 0 Å². The minimum Gasteiger partial charge on any atom is -0.452 e. The molecule has 34 heavy (non-hydrogen) atoms. The normalized spacial score (nSPS) is 11.3. The van der Waals surface area contributed by atoms with Gasteiger partial charge < -0.3 is 10.1 Å². The maximum Gasteiger partial charge on any atom is 0.418 e. The van der Waals surface area contributed by atoms with Gasteiger partial charge in [-0.15, -0.1) is 0 Å². The van der Waals surface area contributed by atoms with E-state index in [4.69, 9.17) is 4.74 Å². The van der Waals surface area contributed by atoms with Crippen molar-refractivity contribution in [2.24, 2.45) is 0 Å². The lowest BCUT2D eigenvalue weighted by Gasteiger charge is -2.15. The Morgan fingerprint density at radius 2 is 1.56 bits per heavy atom. The maximum absolute atomic E-state index is 13.2. The van der Waals surface area contributed by atoms with E-state index in [1.807, 2.05) is 30.3 Å². The highest BCUT2D eigenvalue weighted by atomic mass is 19.4. The van der Waals surface area contributed by atoms with Gasteiger partial charge in [-0.2, -0.15) is 13.2 Å². The van der Waals surface area contributed by atoms with E-state index in [9.17, 15) is 22.8 Å². The molecule has 0 spiro atoms. The number of para-hydroxylation sites is 2. The van der Waals surface area contributed by atoms with E-state index in [1.165, 1.54) is 12.1 Å². The number of carbonyl (C=O) groups excluding carboxylic acids is 2. The number of nitrogens with one attached hydrogen (secondary N) is 1. The largest absolute Gasteiger partial charge is 0.452 e. The number of aromatic nitrogens is 1. The molecule has 0 unspecified atom stereocenters. The molecule has 0 aliphatic heterocycles. The number of carbonyl (C=O) groups is 2. The number of ether oxygens (including phenoxy) is 1. The van der Waals surface area contributed by atoms with Gasteiger partial charge in [0.15, 0.2) is 6.61 Å². The van der Waals surface area contributed by atoms with Gasteiger partial charge in [0.1, 0.15) is 0 Å². The standard InChI is InChI=1S/C26H19F3N2O3/c1-16-23(18-11-5-7-13-20(18)31-24(16)17-9-3-2-4-10-17)25(33)34-15-22(32)30-21-14-8-6-12-19(21)26(27,28)29/h2-14H,15H2,1H3,(H,30,32). The summed E-state index contributed by atoms with van der Waals surface area (Å²) in [5, 5.41) is 2.71. The molecule has 1 amide bonds. The van der Waals surface area contributed by atoms with E-state index in [-0.39, 0.29) is 5.56 Å². The molecule has 4 rings (SSSR count). The van der Waals surface area contributed by atoms with E-state index in [0.29, 0.717) is 22.2 Å². The van der Waals surface area contributed by atoms with Crippen molar-refractivity contribution in [3.8, 4) is 11.3 Å². The molecular weight excluding hydrogens is 445 g/mol. The number of esters is 1. The van der Waals surface area contributed by atoms with Crippen molar-refractivity contribution in [3.63, 3.8) is 0 Å². The second-order valence-corrected chi connectivity index (χ2v) is 7.51. The quantitative estimate of drug-likeness (QED) is 0.367. The Kier molecular flexibility index (Phi) is 6.32. The minimum absolute atomic E-state index is 0.243. The molecule has 1 aromatic heterocycles. The Labute approximate surface area is 193 Å². The van der Waals surface area contributed by atoms with Crippen LogP contribution in [0.25, 0.3) is 22.2 Å². The van der Waals surface area contributed by atoms with Crippen LogP contribution >= 0.6 is 0 Å². The number of pyridine rings is 1. The van der Waals surface area contributed by atoms with Crippen LogP contribution in [0.3, 0.4) is 0 Å². The number of anilines is 1. The van der Waals surface area contributed by atoms with E-state index in [1.54, 1.807) is 31.2 Å². The number of amides is 1. The first kappa shape index (κ1) is 23.0. The fourth-order valence-electron chi connectivity index (χ4n) is 3.68. The highest BCUT2D eigenvalue weighted by molar-refractivity contribution is 6.07. The predicted molar refractivity (Wildman–Crippen MR) is 122 cm³/mol. The van der Waals surface area contributed by atoms with Crippen LogP contribution in [-0.4, -0.2) is 23.5 Å². The summed E-state index contributed by atoms with van der Waals surface area (Å²) >= 11 is 0. The zero-order valence-corrected chi connectivity index (χ0v) is 18.0. The molecule has 0 saturated heterocycles. The van der Waals surface area contributed by atoms with Crippen LogP contribution in [0.1, 0.15) is 21.5 Å². The number of hydrogen-bond acceptors (Lipinski definition) is 4. The van der Waals surface area contributed by atoms with Gasteiger partial charge in [0.05, 0.1) is 28.0 Å². The number of hydrogen-bond donors (Lipinski definition) is 1. The Morgan fingerprint density at radius 3 is 2.29 bits per heavy atom. The molecule has 5 nitrogen and oxygen atoms in total. The van der Waals surface area contributed by atoms with E-state index in [0.717, 1.165) is 17.7 Å². The summed E-state index contributed by atoms with van der Waals surface area (Å²) in [4.78, 5) is 30.0. The van der Waals surface area contributed by atoms with E-state index < -0.39 is 35.9 Å².